The summed E-state index contributed by atoms with van der Waals surface area (Å²) in [5.41, 5.74) is 0. The first kappa shape index (κ1) is 12.7. The minimum Gasteiger partial charge on any atom is -0.358 e. The lowest BCUT2D eigenvalue weighted by Crippen LogP contribution is -2.45. The topological polar surface area (TPSA) is 63.7 Å². The first-order valence-corrected chi connectivity index (χ1v) is 8.00. The molecule has 2 aromatic rings. The minimum atomic E-state index is -0.332. The molecule has 1 saturated heterocycles. The van der Waals surface area contributed by atoms with Crippen molar-refractivity contribution in [3.05, 3.63) is 21.7 Å². The number of thioether (sulfide) groups is 1. The molecule has 1 aliphatic heterocycles. The number of fused-ring (bicyclic) bond motifs is 1. The quantitative estimate of drug-likeness (QED) is 0.630. The van der Waals surface area contributed by atoms with E-state index in [9.17, 15) is 10.1 Å². The van der Waals surface area contributed by atoms with Crippen LogP contribution in [0.5, 0.6) is 0 Å². The number of nitro groups is 1. The number of aromatic nitrogens is 2. The summed E-state index contributed by atoms with van der Waals surface area (Å²) in [5, 5.41) is 13.6. The van der Waals surface area contributed by atoms with E-state index in [0.29, 0.717) is 16.0 Å². The lowest BCUT2D eigenvalue weighted by atomic mass is 10.2. The van der Waals surface area contributed by atoms with Gasteiger partial charge in [-0.15, -0.1) is 0 Å². The fourth-order valence-corrected chi connectivity index (χ4v) is 4.16. The number of anilines is 1. The molecule has 1 fully saturated rings. The van der Waals surface area contributed by atoms with E-state index in [1.165, 1.54) is 11.3 Å². The second-order valence-electron chi connectivity index (χ2n) is 4.58. The first-order valence-electron chi connectivity index (χ1n) is 6.07. The van der Waals surface area contributed by atoms with Crippen LogP contribution in [0.2, 0.25) is 0 Å². The molecule has 3 rings (SSSR count). The number of nitrogens with zero attached hydrogens (tertiary/aromatic N) is 4. The molecular weight excluding hydrogens is 284 g/mol. The Labute approximate surface area is 118 Å². The second kappa shape index (κ2) is 4.68. The fraction of sp³-hybridized carbons (Fsp3) is 0.545. The lowest BCUT2D eigenvalue weighted by Gasteiger charge is -2.37. The van der Waals surface area contributed by atoms with Gasteiger partial charge >= 0.3 is 5.82 Å². The van der Waals surface area contributed by atoms with E-state index in [2.05, 4.69) is 23.7 Å². The standard InChI is InChI=1S/C11H14N4O2S2/c1-7-8(2)18-5-3-13(7)9-10(15(16)17)14-4-6-19-11(14)12-9/h4,6-8H,3,5H2,1-2H3. The van der Waals surface area contributed by atoms with E-state index >= 15 is 0 Å². The van der Waals surface area contributed by atoms with Crippen LogP contribution in [0.1, 0.15) is 13.8 Å². The summed E-state index contributed by atoms with van der Waals surface area (Å²) in [7, 11) is 0. The van der Waals surface area contributed by atoms with Crippen LogP contribution >= 0.6 is 23.1 Å². The van der Waals surface area contributed by atoms with E-state index in [1.807, 2.05) is 17.1 Å². The zero-order valence-corrected chi connectivity index (χ0v) is 12.3. The Hall–Kier alpha value is -1.28. The zero-order valence-electron chi connectivity index (χ0n) is 10.6. The maximum absolute atomic E-state index is 11.3. The fourth-order valence-electron chi connectivity index (χ4n) is 2.36. The Morgan fingerprint density at radius 1 is 1.53 bits per heavy atom. The van der Waals surface area contributed by atoms with E-state index in [1.54, 1.807) is 10.6 Å². The highest BCUT2D eigenvalue weighted by atomic mass is 32.2. The maximum Gasteiger partial charge on any atom is 0.373 e. The molecule has 0 amide bonds. The van der Waals surface area contributed by atoms with Gasteiger partial charge in [0.2, 0.25) is 5.82 Å². The van der Waals surface area contributed by atoms with Gasteiger partial charge in [0.05, 0.1) is 0 Å². The lowest BCUT2D eigenvalue weighted by molar-refractivity contribution is -0.389. The molecule has 102 valence electrons. The summed E-state index contributed by atoms with van der Waals surface area (Å²) in [5.74, 6) is 1.58. The highest BCUT2D eigenvalue weighted by Gasteiger charge is 2.34. The van der Waals surface area contributed by atoms with Crippen molar-refractivity contribution in [3.63, 3.8) is 0 Å². The van der Waals surface area contributed by atoms with Crippen molar-refractivity contribution in [1.29, 1.82) is 0 Å². The number of thiazole rings is 1. The Morgan fingerprint density at radius 3 is 3.05 bits per heavy atom. The second-order valence-corrected chi connectivity index (χ2v) is 6.94. The highest BCUT2D eigenvalue weighted by molar-refractivity contribution is 8.00. The van der Waals surface area contributed by atoms with Crippen molar-refractivity contribution in [1.82, 2.24) is 9.38 Å². The average Bonchev–Trinajstić information content (AvgIpc) is 2.91. The van der Waals surface area contributed by atoms with Crippen LogP contribution in [0.4, 0.5) is 11.6 Å². The molecule has 8 heteroatoms. The summed E-state index contributed by atoms with van der Waals surface area (Å²) in [6, 6.07) is 0.252. The first-order chi connectivity index (χ1) is 9.09. The molecule has 3 heterocycles. The number of hydrogen-bond acceptors (Lipinski definition) is 6. The van der Waals surface area contributed by atoms with Gasteiger partial charge in [-0.05, 0) is 11.8 Å². The van der Waals surface area contributed by atoms with Gasteiger partial charge in [-0.2, -0.15) is 21.1 Å². The summed E-state index contributed by atoms with van der Waals surface area (Å²) < 4.78 is 1.57. The Kier molecular flexibility index (Phi) is 3.14. The van der Waals surface area contributed by atoms with Gasteiger partial charge in [-0.3, -0.25) is 0 Å². The molecule has 0 saturated carbocycles. The Bertz CT molecular complexity index is 623. The number of rotatable bonds is 2. The van der Waals surface area contributed by atoms with Crippen LogP contribution in [-0.4, -0.2) is 37.9 Å². The Morgan fingerprint density at radius 2 is 2.32 bits per heavy atom. The molecule has 0 aliphatic carbocycles. The van der Waals surface area contributed by atoms with E-state index in [-0.39, 0.29) is 16.8 Å². The van der Waals surface area contributed by atoms with Gasteiger partial charge in [-0.1, -0.05) is 18.3 Å². The van der Waals surface area contributed by atoms with E-state index in [4.69, 9.17) is 0 Å². The Balaban J connectivity index is 2.11. The molecule has 2 aromatic heterocycles. The molecule has 0 N–H and O–H groups in total. The zero-order chi connectivity index (χ0) is 13.6. The van der Waals surface area contributed by atoms with Crippen molar-refractivity contribution in [2.24, 2.45) is 0 Å². The van der Waals surface area contributed by atoms with Crippen LogP contribution in [-0.2, 0) is 0 Å². The van der Waals surface area contributed by atoms with Gasteiger partial charge in [0.1, 0.15) is 6.20 Å². The third kappa shape index (κ3) is 1.99. The highest BCUT2D eigenvalue weighted by Crippen LogP contribution is 2.35. The SMILES string of the molecule is CC1SCCN(c2nc3sccn3c2[N+](=O)[O-])C1C. The van der Waals surface area contributed by atoms with E-state index < -0.39 is 0 Å². The molecule has 0 spiro atoms. The summed E-state index contributed by atoms with van der Waals surface area (Å²) in [6.45, 7) is 5.07. The van der Waals surface area contributed by atoms with Crippen molar-refractivity contribution in [2.45, 2.75) is 25.1 Å². The molecule has 1 aliphatic rings. The molecule has 0 bridgehead atoms. The predicted molar refractivity (Wildman–Crippen MR) is 78.5 cm³/mol. The number of imidazole rings is 1. The molecule has 19 heavy (non-hydrogen) atoms. The van der Waals surface area contributed by atoms with Crippen LogP contribution in [0.3, 0.4) is 0 Å². The third-order valence-electron chi connectivity index (χ3n) is 3.55. The molecule has 6 nitrogen and oxygen atoms in total. The van der Waals surface area contributed by atoms with Crippen molar-refractivity contribution in [3.8, 4) is 0 Å². The average molecular weight is 298 g/mol. The van der Waals surface area contributed by atoms with Crippen molar-refractivity contribution < 1.29 is 4.92 Å². The van der Waals surface area contributed by atoms with Crippen LogP contribution in [0, 0.1) is 10.1 Å². The van der Waals surface area contributed by atoms with Crippen LogP contribution in [0.15, 0.2) is 11.6 Å². The molecule has 0 aromatic carbocycles. The molecular formula is C11H14N4O2S2. The summed E-state index contributed by atoms with van der Waals surface area (Å²) in [6.07, 6.45) is 1.71. The minimum absolute atomic E-state index is 0.0854. The molecule has 2 unspecified atom stereocenters. The van der Waals surface area contributed by atoms with Gasteiger partial charge in [0.15, 0.2) is 0 Å². The molecule has 0 radical (unpaired) electrons. The normalized spacial score (nSPS) is 24.0. The van der Waals surface area contributed by atoms with Gasteiger partial charge in [0, 0.05) is 29.0 Å². The van der Waals surface area contributed by atoms with E-state index in [0.717, 1.165) is 12.3 Å². The molecule has 2 atom stereocenters. The van der Waals surface area contributed by atoms with Gasteiger partial charge in [-0.25, -0.2) is 0 Å². The van der Waals surface area contributed by atoms with Crippen molar-refractivity contribution in [2.75, 3.05) is 17.2 Å². The number of hydrogen-bond donors (Lipinski definition) is 0. The predicted octanol–water partition coefficient (Wildman–Crippen LogP) is 2.63. The van der Waals surface area contributed by atoms with Gasteiger partial charge in [0.25, 0.3) is 4.96 Å². The van der Waals surface area contributed by atoms with Crippen LogP contribution in [0.25, 0.3) is 4.96 Å². The summed E-state index contributed by atoms with van der Waals surface area (Å²) >= 11 is 3.33. The summed E-state index contributed by atoms with van der Waals surface area (Å²) in [4.78, 5) is 18.2. The van der Waals surface area contributed by atoms with Crippen LogP contribution < -0.4 is 4.90 Å². The van der Waals surface area contributed by atoms with Gasteiger partial charge < -0.3 is 15.0 Å². The van der Waals surface area contributed by atoms with Crippen molar-refractivity contribution >= 4 is 39.7 Å². The third-order valence-corrected chi connectivity index (χ3v) is 5.64. The smallest absolute Gasteiger partial charge is 0.358 e. The maximum atomic E-state index is 11.3. The largest absolute Gasteiger partial charge is 0.373 e. The monoisotopic (exact) mass is 298 g/mol.